The maximum atomic E-state index is 11.3. The molecule has 2 aromatic rings. The molecule has 0 amide bonds. The van der Waals surface area contributed by atoms with E-state index in [1.165, 1.54) is 0 Å². The number of carbonyl (C=O) groups is 1. The molecule has 3 rings (SSSR count). The summed E-state index contributed by atoms with van der Waals surface area (Å²) in [5, 5.41) is 0. The van der Waals surface area contributed by atoms with Crippen LogP contribution in [0, 0.1) is 17.3 Å². The van der Waals surface area contributed by atoms with Crippen LogP contribution >= 0.6 is 0 Å². The van der Waals surface area contributed by atoms with Crippen molar-refractivity contribution in [2.45, 2.75) is 51.7 Å². The van der Waals surface area contributed by atoms with Crippen LogP contribution in [-0.2, 0) is 27.5 Å². The highest BCUT2D eigenvalue weighted by Gasteiger charge is 2.30. The second-order valence-corrected chi connectivity index (χ2v) is 8.74. The molecule has 172 valence electrons. The van der Waals surface area contributed by atoms with Crippen LogP contribution in [0.2, 0.25) is 0 Å². The van der Waals surface area contributed by atoms with Crippen LogP contribution in [0.4, 0.5) is 0 Å². The van der Waals surface area contributed by atoms with Crippen LogP contribution in [0.3, 0.4) is 0 Å². The molecule has 0 fully saturated rings. The third-order valence-corrected chi connectivity index (χ3v) is 6.02. The Morgan fingerprint density at radius 3 is 2.06 bits per heavy atom. The van der Waals surface area contributed by atoms with E-state index in [1.807, 2.05) is 42.5 Å². The Bertz CT molecular complexity index is 918. The van der Waals surface area contributed by atoms with Crippen LogP contribution in [0.1, 0.15) is 49.7 Å². The van der Waals surface area contributed by atoms with Gasteiger partial charge >= 0.3 is 0 Å². The minimum absolute atomic E-state index is 0.245. The lowest BCUT2D eigenvalue weighted by molar-refractivity contribution is -0.105. The number of rotatable bonds is 13. The molecule has 0 bridgehead atoms. The Morgan fingerprint density at radius 2 is 1.52 bits per heavy atom. The number of carbonyl (C=O) groups excluding carboxylic acids is 1. The summed E-state index contributed by atoms with van der Waals surface area (Å²) in [6.45, 7) is 6.15. The largest absolute Gasteiger partial charge is 0.376 e. The molecule has 0 saturated carbocycles. The van der Waals surface area contributed by atoms with E-state index in [2.05, 4.69) is 42.7 Å². The Labute approximate surface area is 198 Å². The minimum atomic E-state index is -0.245. The molecule has 1 aliphatic rings. The van der Waals surface area contributed by atoms with Crippen LogP contribution in [-0.4, -0.2) is 19.5 Å². The number of hydrogen-bond acceptors (Lipinski definition) is 3. The molecule has 0 atom stereocenters. The van der Waals surface area contributed by atoms with Gasteiger partial charge in [0.2, 0.25) is 0 Å². The second-order valence-electron chi connectivity index (χ2n) is 8.74. The molecule has 0 spiro atoms. The Balaban J connectivity index is 1.72. The van der Waals surface area contributed by atoms with Gasteiger partial charge in [0.15, 0.2) is 0 Å². The molecule has 33 heavy (non-hydrogen) atoms. The highest BCUT2D eigenvalue weighted by atomic mass is 16.5. The summed E-state index contributed by atoms with van der Waals surface area (Å²) in [5.74, 6) is 6.67. The van der Waals surface area contributed by atoms with Crippen molar-refractivity contribution in [1.82, 2.24) is 0 Å². The lowest BCUT2D eigenvalue weighted by Crippen LogP contribution is -2.32. The Morgan fingerprint density at radius 1 is 0.909 bits per heavy atom. The number of hydrogen-bond donors (Lipinski definition) is 0. The van der Waals surface area contributed by atoms with Gasteiger partial charge in [0.25, 0.3) is 0 Å². The number of aldehydes is 1. The Hall–Kier alpha value is -2.93. The van der Waals surface area contributed by atoms with Gasteiger partial charge in [-0.3, -0.25) is 4.79 Å². The van der Waals surface area contributed by atoms with Crippen molar-refractivity contribution in [1.29, 1.82) is 0 Å². The van der Waals surface area contributed by atoms with Gasteiger partial charge in [0.05, 0.1) is 26.4 Å². The smallest absolute Gasteiger partial charge is 0.146 e. The topological polar surface area (TPSA) is 35.5 Å². The molecular weight excluding hydrogens is 408 g/mol. The zero-order chi connectivity index (χ0) is 23.2. The normalized spacial score (nSPS) is 13.5. The maximum absolute atomic E-state index is 11.3. The number of allylic oxidation sites excluding steroid dienone is 3. The summed E-state index contributed by atoms with van der Waals surface area (Å²) in [7, 11) is 0. The predicted octanol–water partition coefficient (Wildman–Crippen LogP) is 6.45. The first-order valence-corrected chi connectivity index (χ1v) is 11.7. The first-order chi connectivity index (χ1) is 16.2. The molecule has 0 saturated heterocycles. The highest BCUT2D eigenvalue weighted by molar-refractivity contribution is 5.77. The molecule has 3 nitrogen and oxygen atoms in total. The lowest BCUT2D eigenvalue weighted by Gasteiger charge is -2.31. The second kappa shape index (κ2) is 13.6. The van der Waals surface area contributed by atoms with E-state index in [9.17, 15) is 4.79 Å². The molecule has 2 aromatic carbocycles. The van der Waals surface area contributed by atoms with Crippen molar-refractivity contribution < 1.29 is 14.3 Å². The van der Waals surface area contributed by atoms with E-state index >= 15 is 0 Å². The van der Waals surface area contributed by atoms with Gasteiger partial charge in [0, 0.05) is 23.0 Å². The van der Waals surface area contributed by atoms with Crippen LogP contribution in [0.25, 0.3) is 0 Å². The van der Waals surface area contributed by atoms with Crippen LogP contribution in [0.5, 0.6) is 0 Å². The van der Waals surface area contributed by atoms with Crippen molar-refractivity contribution in [3.63, 3.8) is 0 Å². The fraction of sp³-hybridized carbons (Fsp3) is 0.367. The van der Waals surface area contributed by atoms with E-state index in [-0.39, 0.29) is 5.41 Å². The van der Waals surface area contributed by atoms with Gasteiger partial charge in [0.1, 0.15) is 6.29 Å². The van der Waals surface area contributed by atoms with Gasteiger partial charge in [-0.1, -0.05) is 78.6 Å². The lowest BCUT2D eigenvalue weighted by atomic mass is 9.81. The molecule has 0 aliphatic heterocycles. The quantitative estimate of drug-likeness (QED) is 0.203. The summed E-state index contributed by atoms with van der Waals surface area (Å²) < 4.78 is 12.4. The fourth-order valence-electron chi connectivity index (χ4n) is 4.08. The Kier molecular flexibility index (Phi) is 10.2. The molecule has 0 unspecified atom stereocenters. The van der Waals surface area contributed by atoms with E-state index in [0.717, 1.165) is 60.7 Å². The van der Waals surface area contributed by atoms with Gasteiger partial charge in [-0.2, -0.15) is 0 Å². The molecule has 0 radical (unpaired) electrons. The van der Waals surface area contributed by atoms with Crippen molar-refractivity contribution in [2.24, 2.45) is 5.41 Å². The zero-order valence-electron chi connectivity index (χ0n) is 19.4. The van der Waals surface area contributed by atoms with Gasteiger partial charge < -0.3 is 9.47 Å². The molecule has 1 aliphatic carbocycles. The predicted molar refractivity (Wildman–Crippen MR) is 133 cm³/mol. The minimum Gasteiger partial charge on any atom is -0.376 e. The van der Waals surface area contributed by atoms with Crippen molar-refractivity contribution >= 4 is 6.29 Å². The maximum Gasteiger partial charge on any atom is 0.146 e. The zero-order valence-corrected chi connectivity index (χ0v) is 19.4. The number of benzene rings is 2. The summed E-state index contributed by atoms with van der Waals surface area (Å²) in [6.07, 6.45) is 8.07. The van der Waals surface area contributed by atoms with E-state index in [0.29, 0.717) is 32.8 Å². The van der Waals surface area contributed by atoms with Gasteiger partial charge in [-0.05, 0) is 43.2 Å². The van der Waals surface area contributed by atoms with Crippen LogP contribution in [0.15, 0.2) is 84.5 Å². The van der Waals surface area contributed by atoms with Gasteiger partial charge in [-0.15, -0.1) is 6.58 Å². The van der Waals surface area contributed by atoms with Gasteiger partial charge in [-0.25, -0.2) is 0 Å². The van der Waals surface area contributed by atoms with Crippen molar-refractivity contribution in [2.75, 3.05) is 13.2 Å². The van der Waals surface area contributed by atoms with Crippen molar-refractivity contribution in [3.05, 3.63) is 95.6 Å². The third-order valence-electron chi connectivity index (χ3n) is 6.02. The average Bonchev–Trinajstić information content (AvgIpc) is 3.31. The molecule has 0 aromatic heterocycles. The summed E-state index contributed by atoms with van der Waals surface area (Å²) >= 11 is 0. The first-order valence-electron chi connectivity index (χ1n) is 11.7. The molecular formula is C30H34O3. The first kappa shape index (κ1) is 24.7. The fourth-order valence-corrected chi connectivity index (χ4v) is 4.08. The summed E-state index contributed by atoms with van der Waals surface area (Å²) in [6, 6.07) is 20.4. The monoisotopic (exact) mass is 442 g/mol. The van der Waals surface area contributed by atoms with Crippen molar-refractivity contribution in [3.8, 4) is 11.8 Å². The highest BCUT2D eigenvalue weighted by Crippen LogP contribution is 2.31. The standard InChI is InChI=1S/C30H34O3/c1-2-3-19-30(24-32-22-26-12-6-4-7-13-26,25-33-23-27-14-8-5-9-15-27)20-11-18-28-16-10-17-29(28)21-31/h2,4-9,12-15,21H,1,3,10,16-17,19-20,22-25H2. The SMILES string of the molecule is C=CCCC(CC#CC1=C(C=O)CCC1)(COCc1ccccc1)COCc1ccccc1. The van der Waals surface area contributed by atoms with E-state index in [4.69, 9.17) is 9.47 Å². The van der Waals surface area contributed by atoms with E-state index < -0.39 is 0 Å². The van der Waals surface area contributed by atoms with Crippen LogP contribution < -0.4 is 0 Å². The average molecular weight is 443 g/mol. The molecule has 0 N–H and O–H groups in total. The number of ether oxygens (including phenoxy) is 2. The summed E-state index contributed by atoms with van der Waals surface area (Å²) in [5.41, 5.74) is 3.92. The third kappa shape index (κ3) is 8.17. The molecule has 0 heterocycles. The van der Waals surface area contributed by atoms with E-state index in [1.54, 1.807) is 0 Å². The molecule has 3 heteroatoms. The summed E-state index contributed by atoms with van der Waals surface area (Å²) in [4.78, 5) is 11.3.